The summed E-state index contributed by atoms with van der Waals surface area (Å²) in [5, 5.41) is 20.9. The summed E-state index contributed by atoms with van der Waals surface area (Å²) in [5.41, 5.74) is 0. The van der Waals surface area contributed by atoms with Crippen molar-refractivity contribution in [3.05, 3.63) is 0 Å². The number of ether oxygens (including phenoxy) is 3. The SMILES string of the molecule is CCCCCCCCCCCCCC(=S)O[C@@H]1[C@H]([C@H](O)CO)OC[C@@H]1OC(=S)CCCCCCCCCCCCC. The van der Waals surface area contributed by atoms with Gasteiger partial charge in [-0.1, -0.05) is 142 Å². The van der Waals surface area contributed by atoms with Crippen LogP contribution in [0.15, 0.2) is 0 Å². The number of rotatable bonds is 28. The van der Waals surface area contributed by atoms with Crippen molar-refractivity contribution < 1.29 is 24.4 Å². The Bertz CT molecular complexity index is 632. The first-order valence-electron chi connectivity index (χ1n) is 17.3. The molecular weight excluding hydrogens is 553 g/mol. The minimum atomic E-state index is -1.04. The van der Waals surface area contributed by atoms with E-state index < -0.39 is 31.0 Å². The summed E-state index contributed by atoms with van der Waals surface area (Å²) in [7, 11) is 0. The summed E-state index contributed by atoms with van der Waals surface area (Å²) in [5.74, 6) is 0. The maximum absolute atomic E-state index is 10.3. The summed E-state index contributed by atoms with van der Waals surface area (Å²) in [6.07, 6.45) is 27.1. The summed E-state index contributed by atoms with van der Waals surface area (Å²) in [6.45, 7) is 4.40. The molecule has 0 unspecified atom stereocenters. The molecule has 0 aliphatic carbocycles. The summed E-state index contributed by atoms with van der Waals surface area (Å²) in [6, 6.07) is 0. The fourth-order valence-corrected chi connectivity index (χ4v) is 6.11. The zero-order valence-electron chi connectivity index (χ0n) is 26.6. The van der Waals surface area contributed by atoms with E-state index in [1.807, 2.05) is 0 Å². The van der Waals surface area contributed by atoms with Gasteiger partial charge < -0.3 is 24.4 Å². The van der Waals surface area contributed by atoms with E-state index in [9.17, 15) is 10.2 Å². The lowest BCUT2D eigenvalue weighted by atomic mass is 10.0. The lowest BCUT2D eigenvalue weighted by Gasteiger charge is -2.27. The first-order chi connectivity index (χ1) is 20.0. The van der Waals surface area contributed by atoms with Crippen LogP contribution < -0.4 is 0 Å². The Morgan fingerprint density at radius 2 is 1.00 bits per heavy atom. The molecule has 0 amide bonds. The number of thiocarbonyl (C=S) groups is 2. The van der Waals surface area contributed by atoms with Gasteiger partial charge in [0.2, 0.25) is 0 Å². The van der Waals surface area contributed by atoms with Crippen molar-refractivity contribution in [1.82, 2.24) is 0 Å². The lowest BCUT2D eigenvalue weighted by Crippen LogP contribution is -2.44. The molecule has 1 rings (SSSR count). The van der Waals surface area contributed by atoms with Crippen molar-refractivity contribution >= 4 is 34.5 Å². The van der Waals surface area contributed by atoms with Crippen LogP contribution >= 0.6 is 24.4 Å². The average Bonchev–Trinajstić information content (AvgIpc) is 3.35. The number of aliphatic hydroxyl groups is 2. The minimum absolute atomic E-state index is 0.270. The highest BCUT2D eigenvalue weighted by Crippen LogP contribution is 2.26. The molecule has 0 bridgehead atoms. The average molecular weight is 617 g/mol. The number of hydrogen-bond acceptors (Lipinski definition) is 7. The zero-order chi connectivity index (χ0) is 30.0. The van der Waals surface area contributed by atoms with Gasteiger partial charge in [-0.05, 0) is 37.3 Å². The van der Waals surface area contributed by atoms with E-state index in [4.69, 9.17) is 38.6 Å². The largest absolute Gasteiger partial charge is 0.477 e. The smallest absolute Gasteiger partial charge is 0.167 e. The first-order valence-corrected chi connectivity index (χ1v) is 18.1. The molecule has 7 heteroatoms. The predicted octanol–water partition coefficient (Wildman–Crippen LogP) is 9.57. The van der Waals surface area contributed by atoms with Crippen LogP contribution in [0.5, 0.6) is 0 Å². The van der Waals surface area contributed by atoms with Gasteiger partial charge >= 0.3 is 0 Å². The fraction of sp³-hybridized carbons (Fsp3) is 0.941. The molecule has 0 radical (unpaired) electrons. The van der Waals surface area contributed by atoms with Crippen LogP contribution in [0.2, 0.25) is 0 Å². The van der Waals surface area contributed by atoms with E-state index in [1.54, 1.807) is 0 Å². The predicted molar refractivity (Wildman–Crippen MR) is 180 cm³/mol. The molecule has 1 aliphatic heterocycles. The van der Waals surface area contributed by atoms with E-state index in [1.165, 1.54) is 116 Å². The third kappa shape index (κ3) is 20.3. The molecule has 242 valence electrons. The van der Waals surface area contributed by atoms with Crippen LogP contribution in [-0.4, -0.2) is 57.9 Å². The second-order valence-corrected chi connectivity index (χ2v) is 13.0. The van der Waals surface area contributed by atoms with Gasteiger partial charge in [0.05, 0.1) is 13.2 Å². The number of hydrogen-bond donors (Lipinski definition) is 2. The summed E-state index contributed by atoms with van der Waals surface area (Å²) >= 11 is 11.1. The van der Waals surface area contributed by atoms with Gasteiger partial charge in [-0.3, -0.25) is 0 Å². The molecule has 0 aromatic heterocycles. The third-order valence-electron chi connectivity index (χ3n) is 8.23. The highest BCUT2D eigenvalue weighted by molar-refractivity contribution is 7.80. The Labute approximate surface area is 263 Å². The van der Waals surface area contributed by atoms with E-state index in [-0.39, 0.29) is 6.61 Å². The molecule has 0 spiro atoms. The Hall–Kier alpha value is -0.340. The lowest BCUT2D eigenvalue weighted by molar-refractivity contribution is -0.0639. The van der Waals surface area contributed by atoms with Crippen molar-refractivity contribution in [2.45, 2.75) is 192 Å². The Morgan fingerprint density at radius 1 is 0.634 bits per heavy atom. The van der Waals surface area contributed by atoms with Gasteiger partial charge in [0.1, 0.15) is 12.2 Å². The molecule has 41 heavy (non-hydrogen) atoms. The van der Waals surface area contributed by atoms with Crippen LogP contribution in [0, 0.1) is 0 Å². The molecule has 0 saturated carbocycles. The molecular formula is C34H64O5S2. The van der Waals surface area contributed by atoms with Crippen LogP contribution in [0.4, 0.5) is 0 Å². The van der Waals surface area contributed by atoms with E-state index >= 15 is 0 Å². The van der Waals surface area contributed by atoms with Crippen molar-refractivity contribution in [2.24, 2.45) is 0 Å². The fourth-order valence-electron chi connectivity index (χ4n) is 5.59. The highest BCUT2D eigenvalue weighted by atomic mass is 32.1. The monoisotopic (exact) mass is 616 g/mol. The van der Waals surface area contributed by atoms with Crippen molar-refractivity contribution in [2.75, 3.05) is 13.2 Å². The van der Waals surface area contributed by atoms with Gasteiger partial charge in [-0.25, -0.2) is 0 Å². The Balaban J connectivity index is 2.24. The zero-order valence-corrected chi connectivity index (χ0v) is 28.3. The van der Waals surface area contributed by atoms with Crippen LogP contribution in [0.1, 0.15) is 168 Å². The van der Waals surface area contributed by atoms with Gasteiger partial charge in [-0.15, -0.1) is 0 Å². The topological polar surface area (TPSA) is 68.2 Å². The highest BCUT2D eigenvalue weighted by Gasteiger charge is 2.45. The Kier molecular flexibility index (Phi) is 25.7. The van der Waals surface area contributed by atoms with Gasteiger partial charge in [0.15, 0.2) is 22.3 Å². The molecule has 1 heterocycles. The molecule has 1 saturated heterocycles. The normalized spacial score (nSPS) is 19.4. The minimum Gasteiger partial charge on any atom is -0.477 e. The maximum Gasteiger partial charge on any atom is 0.167 e. The quantitative estimate of drug-likeness (QED) is 0.0670. The summed E-state index contributed by atoms with van der Waals surface area (Å²) < 4.78 is 18.0. The Morgan fingerprint density at radius 3 is 1.39 bits per heavy atom. The standard InChI is InChI=1S/C34H64O5S2/c1-3-5-7-9-11-13-15-17-19-21-23-25-31(40)38-30-28-37-33(29(36)27-35)34(30)39-32(41)26-24-22-20-18-16-14-12-10-8-6-4-2/h29-30,33-36H,3-28H2,1-2H3/t29-,30+,33+,34+/m1/s1. The first kappa shape index (κ1) is 38.7. The second kappa shape index (κ2) is 27.2. The molecule has 5 nitrogen and oxygen atoms in total. The molecule has 1 fully saturated rings. The number of unbranched alkanes of at least 4 members (excludes halogenated alkanes) is 20. The van der Waals surface area contributed by atoms with Gasteiger partial charge in [0.25, 0.3) is 0 Å². The van der Waals surface area contributed by atoms with Crippen molar-refractivity contribution in [1.29, 1.82) is 0 Å². The van der Waals surface area contributed by atoms with Crippen LogP contribution in [-0.2, 0) is 14.2 Å². The number of aliphatic hydroxyl groups excluding tert-OH is 2. The molecule has 4 atom stereocenters. The van der Waals surface area contributed by atoms with Crippen LogP contribution in [0.3, 0.4) is 0 Å². The van der Waals surface area contributed by atoms with Crippen LogP contribution in [0.25, 0.3) is 0 Å². The van der Waals surface area contributed by atoms with Gasteiger partial charge in [-0.2, -0.15) is 0 Å². The molecule has 0 aromatic rings. The van der Waals surface area contributed by atoms with Crippen molar-refractivity contribution in [3.63, 3.8) is 0 Å². The summed E-state index contributed by atoms with van der Waals surface area (Å²) in [4.78, 5) is 0. The van der Waals surface area contributed by atoms with E-state index in [2.05, 4.69) is 13.8 Å². The maximum atomic E-state index is 10.3. The van der Waals surface area contributed by atoms with Crippen molar-refractivity contribution in [3.8, 4) is 0 Å². The second-order valence-electron chi connectivity index (χ2n) is 12.1. The third-order valence-corrected chi connectivity index (χ3v) is 8.83. The van der Waals surface area contributed by atoms with Gasteiger partial charge in [0, 0.05) is 12.8 Å². The van der Waals surface area contributed by atoms with E-state index in [0.29, 0.717) is 16.5 Å². The molecule has 0 aromatic carbocycles. The molecule has 1 aliphatic rings. The molecule has 2 N–H and O–H groups in total. The van der Waals surface area contributed by atoms with E-state index in [0.717, 1.165) is 32.1 Å².